The Kier molecular flexibility index (Phi) is 4.02. The number of amides is 1. The first-order chi connectivity index (χ1) is 7.56. The molecule has 0 fully saturated rings. The third-order valence-electron chi connectivity index (χ3n) is 2.18. The Labute approximate surface area is 93.4 Å². The van der Waals surface area contributed by atoms with Gasteiger partial charge in [0.2, 0.25) is 5.91 Å². The molecule has 0 spiro atoms. The van der Waals surface area contributed by atoms with E-state index in [-0.39, 0.29) is 12.2 Å². The number of carbonyl (C=O) groups is 2. The molecule has 0 saturated carbocycles. The number of primary amides is 1. The smallest absolute Gasteiger partial charge is 0.234 e. The Morgan fingerprint density at radius 3 is 2.56 bits per heavy atom. The quantitative estimate of drug-likeness (QED) is 0.689. The summed E-state index contributed by atoms with van der Waals surface area (Å²) in [5, 5.41) is 0. The van der Waals surface area contributed by atoms with Gasteiger partial charge in [0.15, 0.2) is 5.78 Å². The molecule has 1 unspecified atom stereocenters. The fourth-order valence-corrected chi connectivity index (χ4v) is 1.29. The average Bonchev–Trinajstić information content (AvgIpc) is 2.28. The molecule has 1 amide bonds. The van der Waals surface area contributed by atoms with Crippen LogP contribution in [0, 0.1) is 0 Å². The first-order valence-electron chi connectivity index (χ1n) is 4.77. The lowest BCUT2D eigenvalue weighted by Crippen LogP contribution is -2.38. The minimum absolute atomic E-state index is 0.115. The monoisotopic (exact) mass is 222 g/mol. The van der Waals surface area contributed by atoms with Crippen molar-refractivity contribution in [2.75, 3.05) is 7.11 Å². The van der Waals surface area contributed by atoms with Crippen LogP contribution in [0.25, 0.3) is 0 Å². The van der Waals surface area contributed by atoms with E-state index in [4.69, 9.17) is 16.2 Å². The van der Waals surface area contributed by atoms with Crippen molar-refractivity contribution in [2.24, 2.45) is 11.5 Å². The van der Waals surface area contributed by atoms with E-state index in [1.54, 1.807) is 24.3 Å². The molecule has 0 aliphatic carbocycles. The molecule has 0 radical (unpaired) electrons. The molecular weight excluding hydrogens is 208 g/mol. The molecule has 0 bridgehead atoms. The highest BCUT2D eigenvalue weighted by atomic mass is 16.5. The van der Waals surface area contributed by atoms with Gasteiger partial charge in [-0.15, -0.1) is 0 Å². The number of ketones is 1. The van der Waals surface area contributed by atoms with E-state index in [9.17, 15) is 9.59 Å². The molecule has 5 nitrogen and oxygen atoms in total. The first-order valence-corrected chi connectivity index (χ1v) is 4.77. The number of methoxy groups -OCH3 is 1. The summed E-state index contributed by atoms with van der Waals surface area (Å²) in [5.41, 5.74) is 10.8. The van der Waals surface area contributed by atoms with Crippen LogP contribution >= 0.6 is 0 Å². The average molecular weight is 222 g/mol. The first kappa shape index (κ1) is 12.2. The number of ether oxygens (including phenoxy) is 1. The summed E-state index contributed by atoms with van der Waals surface area (Å²) in [7, 11) is 1.47. The number of rotatable bonds is 5. The number of carbonyl (C=O) groups excluding carboxylic acids is 2. The van der Waals surface area contributed by atoms with Crippen molar-refractivity contribution in [1.29, 1.82) is 0 Å². The second kappa shape index (κ2) is 5.27. The van der Waals surface area contributed by atoms with Crippen LogP contribution in [0.4, 0.5) is 0 Å². The van der Waals surface area contributed by atoms with Crippen molar-refractivity contribution >= 4 is 11.7 Å². The normalized spacial score (nSPS) is 11.9. The van der Waals surface area contributed by atoms with Gasteiger partial charge in [-0.3, -0.25) is 9.59 Å². The maximum absolute atomic E-state index is 11.8. The van der Waals surface area contributed by atoms with Gasteiger partial charge in [-0.05, 0) is 12.1 Å². The second-order valence-corrected chi connectivity index (χ2v) is 3.34. The fourth-order valence-electron chi connectivity index (χ4n) is 1.29. The van der Waals surface area contributed by atoms with Crippen LogP contribution < -0.4 is 16.2 Å². The molecule has 0 saturated heterocycles. The zero-order chi connectivity index (χ0) is 12.1. The van der Waals surface area contributed by atoms with Crippen LogP contribution in [0.2, 0.25) is 0 Å². The number of para-hydroxylation sites is 1. The van der Waals surface area contributed by atoms with Crippen molar-refractivity contribution in [2.45, 2.75) is 12.5 Å². The summed E-state index contributed by atoms with van der Waals surface area (Å²) >= 11 is 0. The lowest BCUT2D eigenvalue weighted by molar-refractivity contribution is -0.119. The van der Waals surface area contributed by atoms with E-state index in [1.807, 2.05) is 0 Å². The highest BCUT2D eigenvalue weighted by Gasteiger charge is 2.18. The van der Waals surface area contributed by atoms with Crippen LogP contribution in [-0.2, 0) is 4.79 Å². The number of benzene rings is 1. The van der Waals surface area contributed by atoms with Gasteiger partial charge < -0.3 is 16.2 Å². The molecule has 0 heterocycles. The highest BCUT2D eigenvalue weighted by molar-refractivity contribution is 6.01. The minimum Gasteiger partial charge on any atom is -0.496 e. The SMILES string of the molecule is COc1ccccc1C(=O)CC(N)C(N)=O. The number of hydrogen-bond acceptors (Lipinski definition) is 4. The molecule has 0 aliphatic rings. The molecule has 86 valence electrons. The van der Waals surface area contributed by atoms with Gasteiger partial charge >= 0.3 is 0 Å². The molecule has 0 aliphatic heterocycles. The van der Waals surface area contributed by atoms with E-state index in [0.717, 1.165) is 0 Å². The molecule has 1 atom stereocenters. The second-order valence-electron chi connectivity index (χ2n) is 3.34. The van der Waals surface area contributed by atoms with Crippen molar-refractivity contribution in [1.82, 2.24) is 0 Å². The Morgan fingerprint density at radius 1 is 1.38 bits per heavy atom. The van der Waals surface area contributed by atoms with Crippen molar-refractivity contribution in [3.8, 4) is 5.75 Å². The molecule has 5 heteroatoms. The van der Waals surface area contributed by atoms with Crippen molar-refractivity contribution in [3.63, 3.8) is 0 Å². The van der Waals surface area contributed by atoms with Gasteiger partial charge in [0, 0.05) is 6.42 Å². The van der Waals surface area contributed by atoms with Crippen LogP contribution in [0.3, 0.4) is 0 Å². The van der Waals surface area contributed by atoms with Crippen LogP contribution in [0.1, 0.15) is 16.8 Å². The molecule has 1 rings (SSSR count). The molecule has 4 N–H and O–H groups in total. The summed E-state index contributed by atoms with van der Waals surface area (Å²) in [5.74, 6) is -0.490. The topological polar surface area (TPSA) is 95.4 Å². The van der Waals surface area contributed by atoms with Crippen molar-refractivity contribution < 1.29 is 14.3 Å². The fraction of sp³-hybridized carbons (Fsp3) is 0.273. The van der Waals surface area contributed by atoms with Crippen LogP contribution in [0.5, 0.6) is 5.75 Å². The van der Waals surface area contributed by atoms with Gasteiger partial charge in [0.1, 0.15) is 5.75 Å². The van der Waals surface area contributed by atoms with E-state index < -0.39 is 11.9 Å². The number of hydrogen-bond donors (Lipinski definition) is 2. The van der Waals surface area contributed by atoms with E-state index in [1.165, 1.54) is 7.11 Å². The molecule has 16 heavy (non-hydrogen) atoms. The maximum Gasteiger partial charge on any atom is 0.234 e. The zero-order valence-electron chi connectivity index (χ0n) is 8.97. The predicted octanol–water partition coefficient (Wildman–Crippen LogP) is 0.0806. The largest absolute Gasteiger partial charge is 0.496 e. The van der Waals surface area contributed by atoms with Gasteiger partial charge in [-0.2, -0.15) is 0 Å². The Balaban J connectivity index is 2.84. The Hall–Kier alpha value is -1.88. The summed E-state index contributed by atoms with van der Waals surface area (Å²) in [6.45, 7) is 0. The van der Waals surface area contributed by atoms with Gasteiger partial charge in [-0.1, -0.05) is 12.1 Å². The van der Waals surface area contributed by atoms with Gasteiger partial charge in [0.25, 0.3) is 0 Å². The third-order valence-corrected chi connectivity index (χ3v) is 2.18. The lowest BCUT2D eigenvalue weighted by Gasteiger charge is -2.09. The van der Waals surface area contributed by atoms with Crippen LogP contribution in [-0.4, -0.2) is 24.8 Å². The van der Waals surface area contributed by atoms with Gasteiger partial charge in [-0.25, -0.2) is 0 Å². The summed E-state index contributed by atoms with van der Waals surface area (Å²) in [6, 6.07) is 5.80. The molecular formula is C11H14N2O3. The summed E-state index contributed by atoms with van der Waals surface area (Å²) in [6.07, 6.45) is -0.115. The van der Waals surface area contributed by atoms with Crippen molar-refractivity contribution in [3.05, 3.63) is 29.8 Å². The molecule has 0 aromatic heterocycles. The Morgan fingerprint density at radius 2 is 2.00 bits per heavy atom. The van der Waals surface area contributed by atoms with E-state index in [2.05, 4.69) is 0 Å². The minimum atomic E-state index is -0.961. The lowest BCUT2D eigenvalue weighted by atomic mass is 10.0. The highest BCUT2D eigenvalue weighted by Crippen LogP contribution is 2.19. The number of Topliss-reactive ketones (excluding diaryl/α,β-unsaturated/α-hetero) is 1. The van der Waals surface area contributed by atoms with E-state index in [0.29, 0.717) is 11.3 Å². The zero-order valence-corrected chi connectivity index (χ0v) is 8.97. The predicted molar refractivity (Wildman–Crippen MR) is 59.1 cm³/mol. The third kappa shape index (κ3) is 2.80. The Bertz CT molecular complexity index is 404. The standard InChI is InChI=1S/C11H14N2O3/c1-16-10-5-3-2-4-7(10)9(14)6-8(12)11(13)15/h2-5,8H,6,12H2,1H3,(H2,13,15). The number of nitrogens with two attached hydrogens (primary N) is 2. The summed E-state index contributed by atoms with van der Waals surface area (Å²) in [4.78, 5) is 22.5. The molecule has 1 aromatic rings. The maximum atomic E-state index is 11.8. The van der Waals surface area contributed by atoms with Gasteiger partial charge in [0.05, 0.1) is 18.7 Å². The summed E-state index contributed by atoms with van der Waals surface area (Å²) < 4.78 is 5.03. The van der Waals surface area contributed by atoms with E-state index >= 15 is 0 Å². The van der Waals surface area contributed by atoms with Crippen LogP contribution in [0.15, 0.2) is 24.3 Å². The molecule has 1 aromatic carbocycles.